The molecule has 3 N–H and O–H groups in total. The van der Waals surface area contributed by atoms with Gasteiger partial charge >= 0.3 is 6.03 Å². The average Bonchev–Trinajstić information content (AvgIpc) is 2.96. The monoisotopic (exact) mass is 545 g/mol. The molecule has 11 nitrogen and oxygen atoms in total. The third-order valence-electron chi connectivity index (χ3n) is 6.83. The number of thiol groups is 1. The lowest BCUT2D eigenvalue weighted by molar-refractivity contribution is -0.162. The molecule has 2 atom stereocenters. The molecule has 204 valence electrons. The predicted molar refractivity (Wildman–Crippen MR) is 142 cm³/mol. The zero-order chi connectivity index (χ0) is 28.2. The highest BCUT2D eigenvalue weighted by Gasteiger charge is 2.60. The molecule has 0 aromatic carbocycles. The summed E-state index contributed by atoms with van der Waals surface area (Å²) >= 11 is 5.02. The number of thioether (sulfide) groups is 1. The molecular weight excluding hydrogens is 506 g/mol. The van der Waals surface area contributed by atoms with Crippen LogP contribution in [0.25, 0.3) is 0 Å². The van der Waals surface area contributed by atoms with Crippen LogP contribution in [0.4, 0.5) is 4.79 Å². The van der Waals surface area contributed by atoms with Crippen molar-refractivity contribution in [1.29, 1.82) is 0 Å². The van der Waals surface area contributed by atoms with Crippen molar-refractivity contribution >= 4 is 59.0 Å². The molecule has 1 rings (SSSR count). The van der Waals surface area contributed by atoms with Crippen LogP contribution in [0.3, 0.4) is 0 Å². The van der Waals surface area contributed by atoms with Gasteiger partial charge < -0.3 is 20.9 Å². The minimum absolute atomic E-state index is 0.00764. The number of imide groups is 1. The van der Waals surface area contributed by atoms with Crippen LogP contribution in [-0.4, -0.2) is 106 Å². The van der Waals surface area contributed by atoms with Crippen molar-refractivity contribution in [2.75, 3.05) is 39.2 Å². The Bertz CT molecular complexity index is 925. The van der Waals surface area contributed by atoms with Crippen LogP contribution in [0.1, 0.15) is 47.5 Å². The second-order valence-corrected chi connectivity index (χ2v) is 11.5. The summed E-state index contributed by atoms with van der Waals surface area (Å²) in [5, 5.41) is 2.29. The lowest BCUT2D eigenvalue weighted by Gasteiger charge is -2.49. The Morgan fingerprint density at radius 2 is 1.78 bits per heavy atom. The van der Waals surface area contributed by atoms with Crippen molar-refractivity contribution < 1.29 is 28.8 Å². The van der Waals surface area contributed by atoms with E-state index in [-0.39, 0.29) is 41.9 Å². The molecular formula is C23H39N5O6S2. The van der Waals surface area contributed by atoms with Gasteiger partial charge in [0.05, 0.1) is 6.04 Å². The van der Waals surface area contributed by atoms with E-state index in [1.54, 1.807) is 27.7 Å². The van der Waals surface area contributed by atoms with Gasteiger partial charge in [0.15, 0.2) is 16.4 Å². The molecule has 0 radical (unpaired) electrons. The third-order valence-corrected chi connectivity index (χ3v) is 8.50. The number of nitrogens with one attached hydrogen (secondary N) is 1. The maximum atomic E-state index is 13.9. The van der Waals surface area contributed by atoms with Gasteiger partial charge in [-0.05, 0) is 20.3 Å². The zero-order valence-electron chi connectivity index (χ0n) is 22.3. The first-order chi connectivity index (χ1) is 16.4. The van der Waals surface area contributed by atoms with E-state index in [9.17, 15) is 28.8 Å². The Morgan fingerprint density at radius 3 is 2.19 bits per heavy atom. The summed E-state index contributed by atoms with van der Waals surface area (Å²) in [6.45, 7) is 7.88. The van der Waals surface area contributed by atoms with Gasteiger partial charge in [-0.3, -0.25) is 28.9 Å². The fourth-order valence-corrected chi connectivity index (χ4v) is 5.35. The lowest BCUT2D eigenvalue weighted by Crippen LogP contribution is -2.72. The summed E-state index contributed by atoms with van der Waals surface area (Å²) < 4.78 is 0. The molecule has 0 aromatic rings. The molecule has 0 spiro atoms. The van der Waals surface area contributed by atoms with Crippen LogP contribution in [0, 0.1) is 5.41 Å². The SMILES string of the molecule is CNC(=O)[C@@](C(=O)CCCN1C(=O)N(C)C(C)(C)C1=O)(N(C)C(=O)[C@H](N)CS)C(C)(C)CSC(C)=O. The maximum Gasteiger partial charge on any atom is 0.327 e. The van der Waals surface area contributed by atoms with Gasteiger partial charge in [-0.2, -0.15) is 12.6 Å². The number of hydrogen-bond donors (Lipinski definition) is 3. The van der Waals surface area contributed by atoms with E-state index in [1.807, 2.05) is 0 Å². The molecule has 1 aliphatic rings. The molecule has 0 aliphatic carbocycles. The summed E-state index contributed by atoms with van der Waals surface area (Å²) in [6, 6.07) is -1.54. The average molecular weight is 546 g/mol. The minimum atomic E-state index is -2.02. The normalized spacial score (nSPS) is 18.1. The van der Waals surface area contributed by atoms with Crippen molar-refractivity contribution in [1.82, 2.24) is 20.0 Å². The fourth-order valence-electron chi connectivity index (χ4n) is 4.42. The first kappa shape index (κ1) is 31.9. The minimum Gasteiger partial charge on any atom is -0.357 e. The zero-order valence-corrected chi connectivity index (χ0v) is 24.0. The number of carbonyl (C=O) groups excluding carboxylic acids is 6. The van der Waals surface area contributed by atoms with Gasteiger partial charge in [-0.25, -0.2) is 4.79 Å². The van der Waals surface area contributed by atoms with Crippen molar-refractivity contribution in [3.05, 3.63) is 0 Å². The molecule has 0 saturated carbocycles. The van der Waals surface area contributed by atoms with E-state index in [0.29, 0.717) is 0 Å². The highest BCUT2D eigenvalue weighted by Crippen LogP contribution is 2.41. The number of rotatable bonds is 12. The Kier molecular flexibility index (Phi) is 10.6. The van der Waals surface area contributed by atoms with E-state index in [2.05, 4.69) is 17.9 Å². The van der Waals surface area contributed by atoms with Crippen molar-refractivity contribution in [2.24, 2.45) is 11.1 Å². The molecule has 36 heavy (non-hydrogen) atoms. The van der Waals surface area contributed by atoms with Crippen LogP contribution in [-0.2, 0) is 24.0 Å². The lowest BCUT2D eigenvalue weighted by atomic mass is 9.67. The van der Waals surface area contributed by atoms with Crippen LogP contribution < -0.4 is 11.1 Å². The molecule has 5 amide bonds. The number of amides is 5. The highest BCUT2D eigenvalue weighted by atomic mass is 32.2. The topological polar surface area (TPSA) is 150 Å². The number of likely N-dealkylation sites (N-methyl/N-ethyl adjacent to an activating group) is 3. The number of nitrogens with two attached hydrogens (primary N) is 1. The van der Waals surface area contributed by atoms with Crippen molar-refractivity contribution in [3.8, 4) is 0 Å². The summed E-state index contributed by atoms with van der Waals surface area (Å²) in [6.07, 6.45) is -0.133. The number of Topliss-reactive ketones (excluding diaryl/α,β-unsaturated/α-hetero) is 1. The fraction of sp³-hybridized carbons (Fsp3) is 0.739. The van der Waals surface area contributed by atoms with Gasteiger partial charge in [-0.15, -0.1) is 0 Å². The number of urea groups is 1. The molecule has 0 aromatic heterocycles. The first-order valence-electron chi connectivity index (χ1n) is 11.6. The van der Waals surface area contributed by atoms with Gasteiger partial charge in [0.1, 0.15) is 5.54 Å². The number of ketones is 1. The predicted octanol–water partition coefficient (Wildman–Crippen LogP) is 0.515. The van der Waals surface area contributed by atoms with E-state index < -0.39 is 46.2 Å². The third kappa shape index (κ3) is 5.72. The molecule has 1 aliphatic heterocycles. The first-order valence-corrected chi connectivity index (χ1v) is 13.2. The molecule has 1 heterocycles. The van der Waals surface area contributed by atoms with Crippen molar-refractivity contribution in [3.63, 3.8) is 0 Å². The smallest absolute Gasteiger partial charge is 0.327 e. The van der Waals surface area contributed by atoms with Gasteiger partial charge in [0.2, 0.25) is 5.91 Å². The second kappa shape index (κ2) is 12.0. The summed E-state index contributed by atoms with van der Waals surface area (Å²) in [5.41, 5.74) is 1.69. The van der Waals surface area contributed by atoms with Gasteiger partial charge in [0.25, 0.3) is 11.8 Å². The summed E-state index contributed by atoms with van der Waals surface area (Å²) in [5.74, 6) is -2.30. The van der Waals surface area contributed by atoms with E-state index in [4.69, 9.17) is 5.73 Å². The van der Waals surface area contributed by atoms with Gasteiger partial charge in [-0.1, -0.05) is 25.6 Å². The number of nitrogens with zero attached hydrogens (tertiary/aromatic N) is 3. The number of carbonyl (C=O) groups is 6. The highest BCUT2D eigenvalue weighted by molar-refractivity contribution is 8.13. The van der Waals surface area contributed by atoms with Crippen molar-refractivity contribution in [2.45, 2.75) is 64.6 Å². The Labute approximate surface area is 222 Å². The maximum absolute atomic E-state index is 13.9. The molecule has 0 unspecified atom stereocenters. The summed E-state index contributed by atoms with van der Waals surface area (Å²) in [4.78, 5) is 81.0. The van der Waals surface area contributed by atoms with E-state index >= 15 is 0 Å². The largest absolute Gasteiger partial charge is 0.357 e. The molecule has 13 heteroatoms. The molecule has 0 bridgehead atoms. The Morgan fingerprint density at radius 1 is 1.22 bits per heavy atom. The van der Waals surface area contributed by atoms with E-state index in [0.717, 1.165) is 21.6 Å². The Balaban J connectivity index is 3.42. The summed E-state index contributed by atoms with van der Waals surface area (Å²) in [7, 11) is 4.22. The molecule has 1 fully saturated rings. The van der Waals surface area contributed by atoms with E-state index in [1.165, 1.54) is 33.0 Å². The van der Waals surface area contributed by atoms with Crippen LogP contribution >= 0.6 is 24.4 Å². The van der Waals surface area contributed by atoms with Crippen LogP contribution in [0.2, 0.25) is 0 Å². The van der Waals surface area contributed by atoms with Crippen LogP contribution in [0.15, 0.2) is 0 Å². The van der Waals surface area contributed by atoms with Gasteiger partial charge in [0, 0.05) is 58.0 Å². The molecule has 1 saturated heterocycles. The standard InChI is InChI=1S/C23H39N5O6S2/c1-14(29)36-13-21(2,3)23(18(32)25-6,26(7)17(31)15(24)12-35)16(30)10-9-11-28-19(33)22(4,5)27(8)20(28)34/h15,35H,9-13,24H2,1-8H3,(H,25,32)/t15-,23-/m1/s1. The quantitative estimate of drug-likeness (QED) is 0.182. The Hall–Kier alpha value is -2.12. The van der Waals surface area contributed by atoms with Crippen LogP contribution in [0.5, 0.6) is 0 Å². The second-order valence-electron chi connectivity index (χ2n) is 10.0. The number of hydrogen-bond acceptors (Lipinski definition) is 9.